The highest BCUT2D eigenvalue weighted by Gasteiger charge is 2.53. The summed E-state index contributed by atoms with van der Waals surface area (Å²) in [6.45, 7) is 43.5. The summed E-state index contributed by atoms with van der Waals surface area (Å²) in [7, 11) is 2.86. The van der Waals surface area contributed by atoms with Crippen LogP contribution in [-0.4, -0.2) is 205 Å². The fourth-order valence-corrected chi connectivity index (χ4v) is 19.9. The van der Waals surface area contributed by atoms with Crippen molar-refractivity contribution in [2.24, 2.45) is 62.6 Å². The Morgan fingerprint density at radius 2 is 0.566 bits per heavy atom. The Hall–Kier alpha value is -5.32. The number of carboxylic acid groups (broad SMARTS) is 1. The molecule has 113 heavy (non-hydrogen) atoms. The average Bonchev–Trinajstić information content (AvgIpc) is 1.77. The van der Waals surface area contributed by atoms with Crippen LogP contribution in [0.2, 0.25) is 0 Å². The predicted octanol–water partition coefficient (Wildman–Crippen LogP) is 19.4. The molecule has 0 aromatic carbocycles. The zero-order chi connectivity index (χ0) is 83.3. The summed E-state index contributed by atoms with van der Waals surface area (Å²) in [4.78, 5) is 117. The first-order valence-corrected chi connectivity index (χ1v) is 43.7. The van der Waals surface area contributed by atoms with Gasteiger partial charge in [0.05, 0.1) is 31.0 Å². The van der Waals surface area contributed by atoms with E-state index in [1.54, 1.807) is 26.5 Å². The van der Waals surface area contributed by atoms with Gasteiger partial charge in [-0.25, -0.2) is 24.0 Å². The van der Waals surface area contributed by atoms with Crippen LogP contribution in [0.5, 0.6) is 0 Å². The fraction of sp³-hybridized carbons (Fsp3) is 0.899. The first kappa shape index (κ1) is 98.3. The Kier molecular flexibility index (Phi) is 37.3. The molecule has 5 saturated carbocycles. The molecule has 23 nitrogen and oxygen atoms in total. The Balaban J connectivity index is 0.000000244. The lowest BCUT2D eigenvalue weighted by molar-refractivity contribution is -0.160. The largest absolute Gasteiger partial charge is 0.481 e. The summed E-state index contributed by atoms with van der Waals surface area (Å²) in [5, 5.41) is 13.2. The first-order chi connectivity index (χ1) is 52.2. The van der Waals surface area contributed by atoms with Crippen molar-refractivity contribution in [3.05, 3.63) is 0 Å². The van der Waals surface area contributed by atoms with Gasteiger partial charge in [0, 0.05) is 70.9 Å². The summed E-state index contributed by atoms with van der Waals surface area (Å²) >= 11 is 0. The van der Waals surface area contributed by atoms with Crippen molar-refractivity contribution in [3.8, 4) is 0 Å². The number of rotatable bonds is 9. The molecule has 11 fully saturated rings. The summed E-state index contributed by atoms with van der Waals surface area (Å²) in [5.41, 5.74) is -2.38. The Morgan fingerprint density at radius 1 is 0.327 bits per heavy atom. The molecule has 11 rings (SSSR count). The number of ether oxygens (including phenoxy) is 7. The number of Topliss-reactive ketones (excluding diaryl/α,β-unsaturated/α-hetero) is 1. The van der Waals surface area contributed by atoms with E-state index in [2.05, 4.69) is 19.2 Å². The lowest BCUT2D eigenvalue weighted by atomic mass is 9.65. The van der Waals surface area contributed by atoms with Gasteiger partial charge in [0.1, 0.15) is 33.8 Å². The summed E-state index contributed by atoms with van der Waals surface area (Å²) in [6, 6.07) is 0. The van der Waals surface area contributed by atoms with Crippen molar-refractivity contribution in [1.29, 1.82) is 0 Å². The molecule has 6 heterocycles. The van der Waals surface area contributed by atoms with Crippen molar-refractivity contribution >= 4 is 66.6 Å². The Bertz CT molecular complexity index is 2900. The van der Waals surface area contributed by atoms with Crippen LogP contribution in [-0.2, 0) is 52.3 Å². The van der Waals surface area contributed by atoms with Gasteiger partial charge in [0.25, 0.3) is 0 Å². The molecule has 652 valence electrons. The molecule has 0 radical (unpaired) electrons. The van der Waals surface area contributed by atoms with Gasteiger partial charge in [-0.05, 0) is 306 Å². The second-order valence-electron chi connectivity index (χ2n) is 40.4. The van der Waals surface area contributed by atoms with Crippen LogP contribution in [0.1, 0.15) is 330 Å². The van der Waals surface area contributed by atoms with E-state index in [0.717, 1.165) is 89.1 Å². The summed E-state index contributed by atoms with van der Waals surface area (Å²) in [6.07, 6.45) is 34.5. The van der Waals surface area contributed by atoms with Gasteiger partial charge in [0.2, 0.25) is 0 Å². The van der Waals surface area contributed by atoms with Crippen LogP contribution < -0.4 is 5.32 Å². The highest BCUT2D eigenvalue weighted by Crippen LogP contribution is 2.52. The fourth-order valence-electron chi connectivity index (χ4n) is 19.9. The zero-order valence-electron chi connectivity index (χ0n) is 74.2. The summed E-state index contributed by atoms with van der Waals surface area (Å²) in [5.74, 6) is 2.41. The minimum absolute atomic E-state index is 0. The molecule has 6 saturated heterocycles. The van der Waals surface area contributed by atoms with E-state index in [9.17, 15) is 48.3 Å². The molecule has 0 aromatic heterocycles. The summed E-state index contributed by atoms with van der Waals surface area (Å²) < 4.78 is 36.8. The average molecular weight is 1620 g/mol. The molecule has 0 spiro atoms. The number of ketones is 1. The SMILES string of the molecule is CC(=O)C1(C2CCCC2)CCN(C(=O)OC(C)(C)C)CC1.CC(C)(C)OC(=O)N1CCC(C(=O)O)(C2CCCC2)CC1.CC(C)(C)OC(=O)N1CCC(C)(C2CCCC2)CC1.CC1(C2CCCC2)CCNCC1.COC(=O)C1(C2CCCC2)CCN(C(=O)OC(C)(C)C)CC1.COC(=O)C1CCN(C(=O)OC(C)(C)C)CC1.Cl. The molecule has 0 bridgehead atoms. The molecular formula is C89H157ClN6O17. The second kappa shape index (κ2) is 42.9. The van der Waals surface area contributed by atoms with E-state index >= 15 is 0 Å². The van der Waals surface area contributed by atoms with Gasteiger partial charge in [0.15, 0.2) is 0 Å². The van der Waals surface area contributed by atoms with E-state index in [0.29, 0.717) is 119 Å². The van der Waals surface area contributed by atoms with Gasteiger partial charge < -0.3 is 68.1 Å². The van der Waals surface area contributed by atoms with Gasteiger partial charge in [-0.2, -0.15) is 0 Å². The number of carboxylic acids is 1. The number of halogens is 1. The number of aliphatic carboxylic acids is 1. The second-order valence-corrected chi connectivity index (χ2v) is 40.4. The van der Waals surface area contributed by atoms with E-state index in [1.807, 2.05) is 109 Å². The van der Waals surface area contributed by atoms with Gasteiger partial charge in [-0.15, -0.1) is 12.4 Å². The molecule has 5 amide bonds. The number of esters is 2. The van der Waals surface area contributed by atoms with Crippen LogP contribution in [0, 0.1) is 62.6 Å². The maximum absolute atomic E-state index is 12.4. The van der Waals surface area contributed by atoms with Crippen LogP contribution >= 0.6 is 12.4 Å². The maximum atomic E-state index is 12.4. The lowest BCUT2D eigenvalue weighted by Gasteiger charge is -2.44. The predicted molar refractivity (Wildman–Crippen MR) is 444 cm³/mol. The number of nitrogens with zero attached hydrogens (tertiary/aromatic N) is 5. The lowest BCUT2D eigenvalue weighted by Crippen LogP contribution is -2.50. The minimum Gasteiger partial charge on any atom is -0.481 e. The van der Waals surface area contributed by atoms with Gasteiger partial charge >= 0.3 is 48.4 Å². The third-order valence-electron chi connectivity index (χ3n) is 26.7. The van der Waals surface area contributed by atoms with Crippen molar-refractivity contribution in [1.82, 2.24) is 29.8 Å². The number of carbonyl (C=O) groups excluding carboxylic acids is 8. The third-order valence-corrected chi connectivity index (χ3v) is 26.7. The quantitative estimate of drug-likeness (QED) is 0.160. The van der Waals surface area contributed by atoms with Gasteiger partial charge in [-0.1, -0.05) is 78.1 Å². The molecule has 5 aliphatic carbocycles. The smallest absolute Gasteiger partial charge is 0.410 e. The maximum Gasteiger partial charge on any atom is 0.410 e. The monoisotopic (exact) mass is 1620 g/mol. The Morgan fingerprint density at radius 3 is 0.832 bits per heavy atom. The molecule has 2 N–H and O–H groups in total. The van der Waals surface area contributed by atoms with Crippen LogP contribution in [0.25, 0.3) is 0 Å². The van der Waals surface area contributed by atoms with Crippen molar-refractivity contribution in [2.45, 2.75) is 358 Å². The standard InChI is InChI=1S/C17H29NO4.C17H29NO3.C16H27NO4.C16H29NO2.C12H21NO4.C11H21N.ClH/c1-16(2,3)22-15(20)18-11-9-17(10-12-18,14(19)21-4)13-7-5-6-8-13;1-13(19)17(14-7-5-6-8-14)9-11-18(12-10-17)15(20)21-16(2,3)4;1-15(2,3)21-14(20)17-10-8-16(9-11-17,13(18)19)12-6-4-5-7-12;1-15(2,3)19-14(18)17-11-9-16(4,10-12-17)13-7-5-6-8-13;1-12(2,3)17-11(15)13-7-5-9(6-8-13)10(14)16-4;1-11(6-8-12-9-7-11)10-4-2-3-5-10;/h13H,5-12H2,1-4H3;14H,5-12H2,1-4H3;12H,4-11H2,1-3H3,(H,18,19);13H,5-12H2,1-4H3;9H,5-8H2,1-4H3;10,12H,2-9H2,1H3;1H. The number of amides is 5. The number of hydrogen-bond acceptors (Lipinski definition) is 17. The topological polar surface area (TPSA) is 267 Å². The highest BCUT2D eigenvalue weighted by molar-refractivity contribution is 5.85. The molecular weight excluding hydrogens is 1460 g/mol. The van der Waals surface area contributed by atoms with Crippen LogP contribution in [0.4, 0.5) is 24.0 Å². The number of carbonyl (C=O) groups is 9. The minimum atomic E-state index is -0.682. The van der Waals surface area contributed by atoms with Gasteiger partial charge in [-0.3, -0.25) is 19.2 Å². The Labute approximate surface area is 687 Å². The number of likely N-dealkylation sites (tertiary alicyclic amines) is 5. The molecule has 0 unspecified atom stereocenters. The number of hydrogen-bond donors (Lipinski definition) is 2. The van der Waals surface area contributed by atoms with Crippen LogP contribution in [0.3, 0.4) is 0 Å². The number of piperidine rings is 6. The molecule has 6 aliphatic heterocycles. The molecule has 24 heteroatoms. The van der Waals surface area contributed by atoms with Crippen LogP contribution in [0.15, 0.2) is 0 Å². The van der Waals surface area contributed by atoms with E-state index in [1.165, 1.54) is 130 Å². The van der Waals surface area contributed by atoms with E-state index in [-0.39, 0.29) is 77.7 Å². The first-order valence-electron chi connectivity index (χ1n) is 43.7. The highest BCUT2D eigenvalue weighted by atomic mass is 35.5. The molecule has 0 atom stereocenters. The van der Waals surface area contributed by atoms with E-state index < -0.39 is 39.2 Å². The third kappa shape index (κ3) is 29.6. The van der Waals surface area contributed by atoms with Crippen molar-refractivity contribution < 1.29 is 81.4 Å². The molecule has 11 aliphatic rings. The normalized spacial score (nSPS) is 23.0. The number of nitrogens with one attached hydrogen (secondary N) is 1. The zero-order valence-corrected chi connectivity index (χ0v) is 75.0. The van der Waals surface area contributed by atoms with Crippen molar-refractivity contribution in [3.63, 3.8) is 0 Å². The van der Waals surface area contributed by atoms with Crippen molar-refractivity contribution in [2.75, 3.05) is 92.8 Å². The molecule has 0 aromatic rings. The number of methoxy groups -OCH3 is 2. The van der Waals surface area contributed by atoms with E-state index in [4.69, 9.17) is 33.2 Å².